The Morgan fingerprint density at radius 1 is 1.21 bits per heavy atom. The molecule has 0 spiro atoms. The second-order valence-corrected chi connectivity index (χ2v) is 11.5. The molecule has 1 amide bonds. The molecule has 2 aliphatic heterocycles. The lowest BCUT2D eigenvalue weighted by Crippen LogP contribution is -2.56. The van der Waals surface area contributed by atoms with Gasteiger partial charge in [0.25, 0.3) is 10.1 Å². The van der Waals surface area contributed by atoms with E-state index in [2.05, 4.69) is 4.99 Å². The van der Waals surface area contributed by atoms with Gasteiger partial charge in [0.05, 0.1) is 11.5 Å². The number of aliphatic hydroxyl groups excluding tert-OH is 2. The van der Waals surface area contributed by atoms with Gasteiger partial charge in [0.2, 0.25) is 0 Å². The highest BCUT2D eigenvalue weighted by molar-refractivity contribution is 8.14. The van der Waals surface area contributed by atoms with Gasteiger partial charge in [-0.15, -0.1) is 0 Å². The zero-order valence-electron chi connectivity index (χ0n) is 19.2. The Morgan fingerprint density at radius 3 is 2.42 bits per heavy atom. The Hall–Kier alpha value is -1.70. The second-order valence-electron chi connectivity index (χ2n) is 8.82. The number of ether oxygens (including phenoxy) is 2. The normalized spacial score (nSPS) is 27.6. The fourth-order valence-electron chi connectivity index (χ4n) is 3.27. The van der Waals surface area contributed by atoms with Crippen molar-refractivity contribution in [2.45, 2.75) is 74.9 Å². The maximum absolute atomic E-state index is 12.5. The zero-order valence-corrected chi connectivity index (χ0v) is 20.8. The topological polar surface area (TPSA) is 135 Å². The summed E-state index contributed by atoms with van der Waals surface area (Å²) in [5.41, 5.74) is -0.528. The number of carbonyl (C=O) groups excluding carboxylic acids is 1. The van der Waals surface area contributed by atoms with E-state index in [9.17, 15) is 23.4 Å². The summed E-state index contributed by atoms with van der Waals surface area (Å²) < 4.78 is 41.2. The summed E-state index contributed by atoms with van der Waals surface area (Å²) in [4.78, 5) is 18.2. The summed E-state index contributed by atoms with van der Waals surface area (Å²) >= 11 is 1.10. The van der Waals surface area contributed by atoms with Crippen molar-refractivity contribution in [2.24, 2.45) is 4.99 Å². The molecule has 2 aliphatic rings. The number of hydrogen-bond donors (Lipinski definition) is 2. The monoisotopic (exact) mass is 502 g/mol. The fraction of sp³-hybridized carbons (Fsp3) is 0.619. The predicted molar refractivity (Wildman–Crippen MR) is 122 cm³/mol. The Balaban J connectivity index is 1.67. The van der Waals surface area contributed by atoms with Gasteiger partial charge in [0.15, 0.2) is 5.17 Å². The minimum absolute atomic E-state index is 0.0198. The van der Waals surface area contributed by atoms with Crippen LogP contribution in [0.3, 0.4) is 0 Å². The van der Waals surface area contributed by atoms with E-state index in [1.807, 2.05) is 6.92 Å². The highest BCUT2D eigenvalue weighted by Crippen LogP contribution is 2.38. The van der Waals surface area contributed by atoms with E-state index in [0.717, 1.165) is 17.3 Å². The lowest BCUT2D eigenvalue weighted by molar-refractivity contribution is -0.161. The molecule has 0 aliphatic carbocycles. The second kappa shape index (κ2) is 9.88. The molecule has 1 aromatic rings. The molecule has 0 aromatic heterocycles. The number of aryl methyl sites for hydroxylation is 1. The van der Waals surface area contributed by atoms with Gasteiger partial charge < -0.3 is 19.7 Å². The van der Waals surface area contributed by atoms with Crippen molar-refractivity contribution in [1.29, 1.82) is 0 Å². The highest BCUT2D eigenvalue weighted by Gasteiger charge is 2.50. The van der Waals surface area contributed by atoms with Crippen LogP contribution in [-0.2, 0) is 23.8 Å². The molecule has 12 heteroatoms. The van der Waals surface area contributed by atoms with Crippen LogP contribution in [0.5, 0.6) is 0 Å². The Labute approximate surface area is 198 Å². The molecule has 2 N–H and O–H groups in total. The predicted octanol–water partition coefficient (Wildman–Crippen LogP) is 1.88. The summed E-state index contributed by atoms with van der Waals surface area (Å²) in [6.45, 7) is 8.63. The van der Waals surface area contributed by atoms with Crippen molar-refractivity contribution in [3.05, 3.63) is 29.8 Å². The summed E-state index contributed by atoms with van der Waals surface area (Å²) in [5.74, 6) is 0. The van der Waals surface area contributed by atoms with Crippen LogP contribution >= 0.6 is 11.8 Å². The van der Waals surface area contributed by atoms with Gasteiger partial charge in [-0.25, -0.2) is 4.79 Å². The number of thioether (sulfide) groups is 1. The summed E-state index contributed by atoms with van der Waals surface area (Å²) in [5, 5.41) is 21.4. The molecule has 1 aromatic carbocycles. The van der Waals surface area contributed by atoms with Gasteiger partial charge in [0.1, 0.15) is 35.4 Å². The Bertz CT molecular complexity index is 991. The van der Waals surface area contributed by atoms with Crippen molar-refractivity contribution >= 4 is 33.1 Å². The van der Waals surface area contributed by atoms with Crippen LogP contribution in [0.15, 0.2) is 34.2 Å². The summed E-state index contributed by atoms with van der Waals surface area (Å²) in [6, 6.07) is 5.32. The molecule has 2 unspecified atom stereocenters. The number of benzene rings is 1. The molecule has 3 rings (SSSR count). The minimum Gasteiger partial charge on any atom is -0.443 e. The van der Waals surface area contributed by atoms with E-state index in [1.54, 1.807) is 39.8 Å². The number of hydrogen-bond acceptors (Lipinski definition) is 10. The smallest absolute Gasteiger partial charge is 0.416 e. The van der Waals surface area contributed by atoms with Crippen LogP contribution in [0.1, 0.15) is 33.3 Å². The number of amides is 1. The lowest BCUT2D eigenvalue weighted by Gasteiger charge is -2.37. The standard InChI is InChI=1S/C21H30N2O8S2/c1-6-23(20(26)31-21(3,4)5)19-22-15-17(25)16(24)14(30-18(15)32-19)11-29-33(27,28)13-9-7-12(2)8-10-13/h7-10,14-18,24-25H,6,11H2,1-5H3/t14?,15-,16-,17+,18?/m0/s1. The first kappa shape index (κ1) is 25.9. The summed E-state index contributed by atoms with van der Waals surface area (Å²) in [7, 11) is -4.07. The third-order valence-corrected chi connectivity index (χ3v) is 7.46. The number of carbonyl (C=O) groups is 1. The first-order valence-corrected chi connectivity index (χ1v) is 12.8. The fourth-order valence-corrected chi connectivity index (χ4v) is 5.47. The van der Waals surface area contributed by atoms with E-state index in [4.69, 9.17) is 13.7 Å². The van der Waals surface area contributed by atoms with Gasteiger partial charge in [0, 0.05) is 6.54 Å². The van der Waals surface area contributed by atoms with E-state index in [-0.39, 0.29) is 11.4 Å². The van der Waals surface area contributed by atoms with Crippen molar-refractivity contribution in [2.75, 3.05) is 13.2 Å². The molecule has 0 saturated carbocycles. The first-order valence-electron chi connectivity index (χ1n) is 10.5. The van der Waals surface area contributed by atoms with Gasteiger partial charge in [-0.2, -0.15) is 8.42 Å². The molecule has 5 atom stereocenters. The lowest BCUT2D eigenvalue weighted by atomic mass is 9.99. The third-order valence-electron chi connectivity index (χ3n) is 5.01. The number of aliphatic imine (C=N–C) groups is 1. The summed E-state index contributed by atoms with van der Waals surface area (Å²) in [6.07, 6.45) is -4.46. The third kappa shape index (κ3) is 6.06. The van der Waals surface area contributed by atoms with E-state index in [0.29, 0.717) is 5.17 Å². The molecule has 1 saturated heterocycles. The SMILES string of the molecule is CCN(C(=O)OC(C)(C)C)C1=N[C@@H]2C(OC(COS(=O)(=O)c3ccc(C)cc3)[C@H](O)[C@@H]2O)S1. The molecule has 1 fully saturated rings. The molecule has 0 bridgehead atoms. The van der Waals surface area contributed by atoms with E-state index < -0.39 is 58.2 Å². The van der Waals surface area contributed by atoms with Crippen LogP contribution in [0.25, 0.3) is 0 Å². The zero-order chi connectivity index (χ0) is 24.6. The van der Waals surface area contributed by atoms with Crippen LogP contribution in [0, 0.1) is 6.92 Å². The van der Waals surface area contributed by atoms with Crippen LogP contribution in [0.4, 0.5) is 4.79 Å². The molecule has 2 heterocycles. The average molecular weight is 503 g/mol. The van der Waals surface area contributed by atoms with Gasteiger partial charge >= 0.3 is 6.09 Å². The molecular formula is C21H30N2O8S2. The van der Waals surface area contributed by atoms with Gasteiger partial charge in [-0.3, -0.25) is 14.1 Å². The van der Waals surface area contributed by atoms with Crippen molar-refractivity contribution < 1.29 is 37.1 Å². The van der Waals surface area contributed by atoms with Crippen molar-refractivity contribution in [3.63, 3.8) is 0 Å². The highest BCUT2D eigenvalue weighted by atomic mass is 32.2. The van der Waals surface area contributed by atoms with Gasteiger partial charge in [-0.05, 0) is 46.8 Å². The largest absolute Gasteiger partial charge is 0.443 e. The maximum atomic E-state index is 12.5. The number of fused-ring (bicyclic) bond motifs is 1. The minimum atomic E-state index is -4.07. The Morgan fingerprint density at radius 2 is 1.85 bits per heavy atom. The van der Waals surface area contributed by atoms with Crippen LogP contribution in [-0.4, -0.2) is 83.3 Å². The quantitative estimate of drug-likeness (QED) is 0.579. The van der Waals surface area contributed by atoms with Crippen molar-refractivity contribution in [1.82, 2.24) is 4.90 Å². The molecule has 0 radical (unpaired) electrons. The molecule has 10 nitrogen and oxygen atoms in total. The average Bonchev–Trinajstić information content (AvgIpc) is 3.13. The van der Waals surface area contributed by atoms with E-state index in [1.165, 1.54) is 17.0 Å². The molecular weight excluding hydrogens is 472 g/mol. The molecule has 184 valence electrons. The van der Waals surface area contributed by atoms with Crippen LogP contribution in [0.2, 0.25) is 0 Å². The number of nitrogens with zero attached hydrogens (tertiary/aromatic N) is 2. The number of aliphatic hydroxyl groups is 2. The van der Waals surface area contributed by atoms with Crippen molar-refractivity contribution in [3.8, 4) is 0 Å². The maximum Gasteiger partial charge on any atom is 0.416 e. The van der Waals surface area contributed by atoms with Crippen LogP contribution < -0.4 is 0 Å². The molecule has 33 heavy (non-hydrogen) atoms. The number of amidine groups is 1. The van der Waals surface area contributed by atoms with E-state index >= 15 is 0 Å². The van der Waals surface area contributed by atoms with Gasteiger partial charge in [-0.1, -0.05) is 29.5 Å². The number of rotatable bonds is 5. The first-order chi connectivity index (χ1) is 15.3. The Kier molecular flexibility index (Phi) is 7.76.